The van der Waals surface area contributed by atoms with E-state index in [2.05, 4.69) is 18.8 Å². The summed E-state index contributed by atoms with van der Waals surface area (Å²) in [5.74, 6) is 1.64. The minimum atomic E-state index is -0.00361. The predicted molar refractivity (Wildman–Crippen MR) is 79.2 cm³/mol. The molecule has 0 amide bonds. The second kappa shape index (κ2) is 7.41. The molecule has 0 saturated heterocycles. The number of carbonyl (C=O) groups excluding carboxylic acids is 1. The molecular weight excluding hydrogens is 250 g/mol. The van der Waals surface area contributed by atoms with Gasteiger partial charge in [0.05, 0.1) is 12.5 Å². The Labute approximate surface area is 121 Å². The lowest BCUT2D eigenvalue weighted by molar-refractivity contribution is -0.150. The Morgan fingerprint density at radius 2 is 2.10 bits per heavy atom. The van der Waals surface area contributed by atoms with Crippen molar-refractivity contribution >= 4 is 5.97 Å². The van der Waals surface area contributed by atoms with Gasteiger partial charge in [-0.05, 0) is 49.1 Å². The summed E-state index contributed by atoms with van der Waals surface area (Å²) < 4.78 is 5.41. The standard InChI is InChI=1S/C17H25NO2/c1-13(2)15-5-7-16(8-6-15)17(19)20-11-9-14-4-3-10-18-12-14/h3-4,10,12-13,15-16H,5-9,11H2,1-2H3. The first-order valence-corrected chi connectivity index (χ1v) is 7.72. The highest BCUT2D eigenvalue weighted by Crippen LogP contribution is 2.33. The van der Waals surface area contributed by atoms with Crippen molar-refractivity contribution in [2.24, 2.45) is 17.8 Å². The molecule has 0 bridgehead atoms. The van der Waals surface area contributed by atoms with Crippen molar-refractivity contribution in [3.8, 4) is 0 Å². The molecule has 1 aliphatic carbocycles. The molecule has 3 heteroatoms. The molecule has 20 heavy (non-hydrogen) atoms. The number of carbonyl (C=O) groups is 1. The van der Waals surface area contributed by atoms with Gasteiger partial charge in [-0.25, -0.2) is 0 Å². The minimum absolute atomic E-state index is 0.00361. The maximum absolute atomic E-state index is 12.0. The molecule has 0 atom stereocenters. The van der Waals surface area contributed by atoms with Crippen LogP contribution >= 0.6 is 0 Å². The number of ether oxygens (including phenoxy) is 1. The zero-order valence-corrected chi connectivity index (χ0v) is 12.5. The van der Waals surface area contributed by atoms with Crippen LogP contribution in [-0.2, 0) is 16.0 Å². The molecular formula is C17H25NO2. The van der Waals surface area contributed by atoms with E-state index < -0.39 is 0 Å². The van der Waals surface area contributed by atoms with Gasteiger partial charge >= 0.3 is 5.97 Å². The molecule has 3 nitrogen and oxygen atoms in total. The molecule has 1 aromatic heterocycles. The third kappa shape index (κ3) is 4.32. The maximum atomic E-state index is 12.0. The van der Waals surface area contributed by atoms with Gasteiger partial charge in [-0.15, -0.1) is 0 Å². The van der Waals surface area contributed by atoms with E-state index in [1.54, 1.807) is 6.20 Å². The summed E-state index contributed by atoms with van der Waals surface area (Å²) in [6.45, 7) is 5.02. The van der Waals surface area contributed by atoms with Gasteiger partial charge in [0.25, 0.3) is 0 Å². The van der Waals surface area contributed by atoms with Crippen LogP contribution in [0.1, 0.15) is 45.1 Å². The molecule has 1 aliphatic rings. The zero-order valence-electron chi connectivity index (χ0n) is 12.5. The molecule has 110 valence electrons. The van der Waals surface area contributed by atoms with Crippen molar-refractivity contribution in [2.75, 3.05) is 6.61 Å². The Bertz CT molecular complexity index is 408. The lowest BCUT2D eigenvalue weighted by Crippen LogP contribution is -2.26. The smallest absolute Gasteiger partial charge is 0.308 e. The van der Waals surface area contributed by atoms with Crippen LogP contribution in [0.4, 0.5) is 0 Å². The third-order valence-corrected chi connectivity index (χ3v) is 4.41. The maximum Gasteiger partial charge on any atom is 0.308 e. The van der Waals surface area contributed by atoms with Crippen LogP contribution < -0.4 is 0 Å². The first kappa shape index (κ1) is 15.0. The summed E-state index contributed by atoms with van der Waals surface area (Å²) in [7, 11) is 0. The molecule has 0 N–H and O–H groups in total. The molecule has 0 aromatic carbocycles. The number of nitrogens with zero attached hydrogens (tertiary/aromatic N) is 1. The number of esters is 1. The van der Waals surface area contributed by atoms with Gasteiger partial charge in [-0.3, -0.25) is 9.78 Å². The first-order chi connectivity index (χ1) is 9.66. The lowest BCUT2D eigenvalue weighted by atomic mass is 9.77. The number of hydrogen-bond donors (Lipinski definition) is 0. The average molecular weight is 275 g/mol. The number of hydrogen-bond acceptors (Lipinski definition) is 3. The fraction of sp³-hybridized carbons (Fsp3) is 0.647. The van der Waals surface area contributed by atoms with E-state index in [9.17, 15) is 4.79 Å². The van der Waals surface area contributed by atoms with Crippen LogP contribution in [0.25, 0.3) is 0 Å². The quantitative estimate of drug-likeness (QED) is 0.770. The van der Waals surface area contributed by atoms with Gasteiger partial charge in [0.2, 0.25) is 0 Å². The van der Waals surface area contributed by atoms with Crippen LogP contribution in [0, 0.1) is 17.8 Å². The van der Waals surface area contributed by atoms with E-state index in [4.69, 9.17) is 4.74 Å². The summed E-state index contributed by atoms with van der Waals surface area (Å²) in [5, 5.41) is 0. The highest BCUT2D eigenvalue weighted by atomic mass is 16.5. The molecule has 1 aromatic rings. The van der Waals surface area contributed by atoms with Gasteiger partial charge in [-0.1, -0.05) is 19.9 Å². The molecule has 0 spiro atoms. The third-order valence-electron chi connectivity index (χ3n) is 4.41. The fourth-order valence-electron chi connectivity index (χ4n) is 2.95. The van der Waals surface area contributed by atoms with Gasteiger partial charge in [0, 0.05) is 18.8 Å². The SMILES string of the molecule is CC(C)C1CCC(C(=O)OCCc2cccnc2)CC1. The van der Waals surface area contributed by atoms with Crippen LogP contribution in [0.15, 0.2) is 24.5 Å². The number of rotatable bonds is 5. The van der Waals surface area contributed by atoms with E-state index in [-0.39, 0.29) is 11.9 Å². The molecule has 1 fully saturated rings. The van der Waals surface area contributed by atoms with Crippen LogP contribution in [0.2, 0.25) is 0 Å². The van der Waals surface area contributed by atoms with Crippen LogP contribution in [0.5, 0.6) is 0 Å². The van der Waals surface area contributed by atoms with E-state index >= 15 is 0 Å². The normalized spacial score (nSPS) is 22.8. The Morgan fingerprint density at radius 3 is 2.70 bits per heavy atom. The van der Waals surface area contributed by atoms with E-state index in [1.807, 2.05) is 18.3 Å². The highest BCUT2D eigenvalue weighted by Gasteiger charge is 2.28. The Kier molecular flexibility index (Phi) is 5.57. The average Bonchev–Trinajstić information content (AvgIpc) is 2.48. The van der Waals surface area contributed by atoms with Gasteiger partial charge < -0.3 is 4.74 Å². The van der Waals surface area contributed by atoms with E-state index in [1.165, 1.54) is 12.8 Å². The summed E-state index contributed by atoms with van der Waals surface area (Å²) in [6, 6.07) is 3.92. The second-order valence-electron chi connectivity index (χ2n) is 6.13. The van der Waals surface area contributed by atoms with Crippen LogP contribution in [-0.4, -0.2) is 17.6 Å². The van der Waals surface area contributed by atoms with Crippen LogP contribution in [0.3, 0.4) is 0 Å². The molecule has 1 heterocycles. The monoisotopic (exact) mass is 275 g/mol. The number of pyridine rings is 1. The second-order valence-corrected chi connectivity index (χ2v) is 6.13. The molecule has 0 aliphatic heterocycles. The summed E-state index contributed by atoms with van der Waals surface area (Å²) in [4.78, 5) is 16.1. The Balaban J connectivity index is 1.68. The van der Waals surface area contributed by atoms with Crippen molar-refractivity contribution in [3.05, 3.63) is 30.1 Å². The van der Waals surface area contributed by atoms with Gasteiger partial charge in [0.1, 0.15) is 0 Å². The van der Waals surface area contributed by atoms with Crippen molar-refractivity contribution in [2.45, 2.75) is 46.0 Å². The largest absolute Gasteiger partial charge is 0.465 e. The fourth-order valence-corrected chi connectivity index (χ4v) is 2.95. The Hall–Kier alpha value is -1.38. The molecule has 2 rings (SSSR count). The van der Waals surface area contributed by atoms with Crippen molar-refractivity contribution in [1.29, 1.82) is 0 Å². The lowest BCUT2D eigenvalue weighted by Gasteiger charge is -2.29. The van der Waals surface area contributed by atoms with Crippen molar-refractivity contribution < 1.29 is 9.53 Å². The minimum Gasteiger partial charge on any atom is -0.465 e. The summed E-state index contributed by atoms with van der Waals surface area (Å²) >= 11 is 0. The van der Waals surface area contributed by atoms with Crippen molar-refractivity contribution in [3.63, 3.8) is 0 Å². The summed E-state index contributed by atoms with van der Waals surface area (Å²) in [5.41, 5.74) is 1.11. The predicted octanol–water partition coefficient (Wildman–Crippen LogP) is 3.63. The first-order valence-electron chi connectivity index (χ1n) is 7.72. The zero-order chi connectivity index (χ0) is 14.4. The van der Waals surface area contributed by atoms with Gasteiger partial charge in [0.15, 0.2) is 0 Å². The Morgan fingerprint density at radius 1 is 1.35 bits per heavy atom. The van der Waals surface area contributed by atoms with Gasteiger partial charge in [-0.2, -0.15) is 0 Å². The molecule has 1 saturated carbocycles. The van der Waals surface area contributed by atoms with E-state index in [0.717, 1.165) is 36.7 Å². The molecule has 0 unspecified atom stereocenters. The topological polar surface area (TPSA) is 39.2 Å². The highest BCUT2D eigenvalue weighted by molar-refractivity contribution is 5.72. The number of aromatic nitrogens is 1. The summed E-state index contributed by atoms with van der Waals surface area (Å²) in [6.07, 6.45) is 8.65. The van der Waals surface area contributed by atoms with E-state index in [0.29, 0.717) is 6.61 Å². The molecule has 0 radical (unpaired) electrons. The van der Waals surface area contributed by atoms with Crippen molar-refractivity contribution in [1.82, 2.24) is 4.98 Å².